The zero-order valence-corrected chi connectivity index (χ0v) is 11.7. The molecule has 1 aromatic heterocycles. The highest BCUT2D eigenvalue weighted by Gasteiger charge is 2.11. The van der Waals surface area contributed by atoms with Gasteiger partial charge in [-0.1, -0.05) is 20.8 Å². The van der Waals surface area contributed by atoms with Crippen molar-refractivity contribution in [1.29, 1.82) is 0 Å². The van der Waals surface area contributed by atoms with Gasteiger partial charge in [-0.2, -0.15) is 0 Å². The van der Waals surface area contributed by atoms with Gasteiger partial charge in [0.25, 0.3) is 0 Å². The molecule has 3 heteroatoms. The first-order valence-corrected chi connectivity index (χ1v) is 6.55. The summed E-state index contributed by atoms with van der Waals surface area (Å²) in [7, 11) is 2.03. The van der Waals surface area contributed by atoms with Crippen LogP contribution in [-0.4, -0.2) is 23.1 Å². The summed E-state index contributed by atoms with van der Waals surface area (Å²) in [6.45, 7) is 8.62. The first kappa shape index (κ1) is 14.1. The van der Waals surface area contributed by atoms with Crippen LogP contribution in [0.25, 0.3) is 0 Å². The summed E-state index contributed by atoms with van der Waals surface area (Å²) in [5.41, 5.74) is 2.31. The first-order chi connectivity index (χ1) is 8.05. The fourth-order valence-electron chi connectivity index (χ4n) is 2.11. The van der Waals surface area contributed by atoms with Gasteiger partial charge in [-0.3, -0.25) is 0 Å². The van der Waals surface area contributed by atoms with Crippen molar-refractivity contribution in [2.24, 2.45) is 5.92 Å². The number of aryl methyl sites for hydroxylation is 2. The smallest absolute Gasteiger partial charge is 0.125 e. The molecule has 0 saturated heterocycles. The molecule has 17 heavy (non-hydrogen) atoms. The lowest BCUT2D eigenvalue weighted by molar-refractivity contribution is 0.437. The summed E-state index contributed by atoms with van der Waals surface area (Å²) in [5.74, 6) is 1.60. The van der Waals surface area contributed by atoms with Gasteiger partial charge in [0.15, 0.2) is 0 Å². The predicted octanol–water partition coefficient (Wildman–Crippen LogP) is 2.52. The van der Waals surface area contributed by atoms with Crippen LogP contribution in [0.4, 0.5) is 0 Å². The van der Waals surface area contributed by atoms with Crippen LogP contribution in [0, 0.1) is 12.8 Å². The van der Waals surface area contributed by atoms with Crippen molar-refractivity contribution in [1.82, 2.24) is 15.3 Å². The summed E-state index contributed by atoms with van der Waals surface area (Å²) in [4.78, 5) is 8.94. The number of rotatable bonds is 6. The molecule has 0 aliphatic heterocycles. The van der Waals surface area contributed by atoms with E-state index in [4.69, 9.17) is 0 Å². The van der Waals surface area contributed by atoms with E-state index < -0.39 is 0 Å². The van der Waals surface area contributed by atoms with Crippen LogP contribution in [0.5, 0.6) is 0 Å². The molecular formula is C14H25N3. The molecule has 1 rings (SSSR count). The van der Waals surface area contributed by atoms with Gasteiger partial charge in [-0.05, 0) is 38.8 Å². The van der Waals surface area contributed by atoms with Crippen molar-refractivity contribution in [3.05, 3.63) is 23.3 Å². The van der Waals surface area contributed by atoms with Gasteiger partial charge in [-0.25, -0.2) is 9.97 Å². The molecule has 1 unspecified atom stereocenters. The van der Waals surface area contributed by atoms with Gasteiger partial charge in [-0.15, -0.1) is 0 Å². The molecule has 0 aromatic carbocycles. The van der Waals surface area contributed by atoms with Crippen molar-refractivity contribution in [3.8, 4) is 0 Å². The summed E-state index contributed by atoms with van der Waals surface area (Å²) in [5, 5.41) is 3.38. The molecule has 0 spiro atoms. The third-order valence-electron chi connectivity index (χ3n) is 2.93. The molecule has 0 amide bonds. The lowest BCUT2D eigenvalue weighted by Crippen LogP contribution is -2.29. The maximum atomic E-state index is 4.53. The zero-order chi connectivity index (χ0) is 12.8. The maximum absolute atomic E-state index is 4.53. The van der Waals surface area contributed by atoms with Crippen molar-refractivity contribution < 1.29 is 0 Å². The van der Waals surface area contributed by atoms with Gasteiger partial charge < -0.3 is 5.32 Å². The number of nitrogens with one attached hydrogen (secondary N) is 1. The largest absolute Gasteiger partial charge is 0.317 e. The second-order valence-electron chi connectivity index (χ2n) is 5.07. The highest BCUT2D eigenvalue weighted by atomic mass is 14.9. The Hall–Kier alpha value is -0.960. The molecule has 0 bridgehead atoms. The molecule has 0 fully saturated rings. The number of likely N-dealkylation sites (N-methyl/N-ethyl adjacent to an activating group) is 1. The summed E-state index contributed by atoms with van der Waals surface area (Å²) >= 11 is 0. The number of nitrogens with zero attached hydrogens (tertiary/aromatic N) is 2. The van der Waals surface area contributed by atoms with Crippen LogP contribution in [0.15, 0.2) is 6.07 Å². The molecule has 0 radical (unpaired) electrons. The molecule has 1 heterocycles. The predicted molar refractivity (Wildman–Crippen MR) is 72.2 cm³/mol. The van der Waals surface area contributed by atoms with Crippen molar-refractivity contribution >= 4 is 0 Å². The zero-order valence-electron chi connectivity index (χ0n) is 11.7. The SMILES string of the molecule is CCc1cc(CC(CC(C)C)NC)nc(C)n1. The van der Waals surface area contributed by atoms with Crippen LogP contribution >= 0.6 is 0 Å². The molecule has 96 valence electrons. The molecule has 1 N–H and O–H groups in total. The van der Waals surface area contributed by atoms with E-state index in [2.05, 4.69) is 42.1 Å². The summed E-state index contributed by atoms with van der Waals surface area (Å²) in [6.07, 6.45) is 3.15. The molecular weight excluding hydrogens is 210 g/mol. The molecule has 0 aliphatic rings. The number of aromatic nitrogens is 2. The molecule has 3 nitrogen and oxygen atoms in total. The fraction of sp³-hybridized carbons (Fsp3) is 0.714. The number of hydrogen-bond donors (Lipinski definition) is 1. The van der Waals surface area contributed by atoms with Gasteiger partial charge in [0, 0.05) is 23.9 Å². The van der Waals surface area contributed by atoms with Gasteiger partial charge in [0.2, 0.25) is 0 Å². The second kappa shape index (κ2) is 6.70. The maximum Gasteiger partial charge on any atom is 0.125 e. The third-order valence-corrected chi connectivity index (χ3v) is 2.93. The Morgan fingerprint density at radius 1 is 1.24 bits per heavy atom. The normalized spacial score (nSPS) is 13.1. The second-order valence-corrected chi connectivity index (χ2v) is 5.07. The fourth-order valence-corrected chi connectivity index (χ4v) is 2.11. The number of hydrogen-bond acceptors (Lipinski definition) is 3. The quantitative estimate of drug-likeness (QED) is 0.823. The van der Waals surface area contributed by atoms with Crippen LogP contribution in [-0.2, 0) is 12.8 Å². The minimum absolute atomic E-state index is 0.508. The lowest BCUT2D eigenvalue weighted by atomic mass is 9.99. The third kappa shape index (κ3) is 4.82. The van der Waals surface area contributed by atoms with E-state index in [0.717, 1.165) is 30.1 Å². The Morgan fingerprint density at radius 3 is 2.41 bits per heavy atom. The molecule has 1 aromatic rings. The highest BCUT2D eigenvalue weighted by molar-refractivity contribution is 5.12. The topological polar surface area (TPSA) is 37.8 Å². The van der Waals surface area contributed by atoms with Crippen LogP contribution in [0.1, 0.15) is 44.4 Å². The Kier molecular flexibility index (Phi) is 5.56. The summed E-state index contributed by atoms with van der Waals surface area (Å²) in [6, 6.07) is 2.64. The van der Waals surface area contributed by atoms with E-state index in [1.54, 1.807) is 0 Å². The van der Waals surface area contributed by atoms with E-state index in [0.29, 0.717) is 12.0 Å². The van der Waals surface area contributed by atoms with E-state index in [-0.39, 0.29) is 0 Å². The van der Waals surface area contributed by atoms with Crippen LogP contribution in [0.2, 0.25) is 0 Å². The molecule has 0 saturated carbocycles. The molecule has 0 aliphatic carbocycles. The Bertz CT molecular complexity index is 347. The van der Waals surface area contributed by atoms with Crippen LogP contribution in [0.3, 0.4) is 0 Å². The Balaban J connectivity index is 2.74. The highest BCUT2D eigenvalue weighted by Crippen LogP contribution is 2.11. The average molecular weight is 235 g/mol. The lowest BCUT2D eigenvalue weighted by Gasteiger charge is -2.18. The Morgan fingerprint density at radius 2 is 1.88 bits per heavy atom. The van der Waals surface area contributed by atoms with Gasteiger partial charge >= 0.3 is 0 Å². The van der Waals surface area contributed by atoms with Crippen molar-refractivity contribution in [3.63, 3.8) is 0 Å². The summed E-state index contributed by atoms with van der Waals surface area (Å²) < 4.78 is 0. The monoisotopic (exact) mass is 235 g/mol. The van der Waals surface area contributed by atoms with E-state index in [1.807, 2.05) is 14.0 Å². The minimum atomic E-state index is 0.508. The van der Waals surface area contributed by atoms with E-state index >= 15 is 0 Å². The average Bonchev–Trinajstić information content (AvgIpc) is 2.26. The standard InChI is InChI=1S/C14H25N3/c1-6-12-8-14(17-11(4)16-12)9-13(15-5)7-10(2)3/h8,10,13,15H,6-7,9H2,1-5H3. The first-order valence-electron chi connectivity index (χ1n) is 6.55. The van der Waals surface area contributed by atoms with Crippen molar-refractivity contribution in [2.75, 3.05) is 7.05 Å². The molecule has 1 atom stereocenters. The van der Waals surface area contributed by atoms with Gasteiger partial charge in [0.05, 0.1) is 0 Å². The van der Waals surface area contributed by atoms with E-state index in [9.17, 15) is 0 Å². The van der Waals surface area contributed by atoms with E-state index in [1.165, 1.54) is 6.42 Å². The van der Waals surface area contributed by atoms with Crippen molar-refractivity contribution in [2.45, 2.75) is 53.0 Å². The Labute approximate surface area is 105 Å². The van der Waals surface area contributed by atoms with Gasteiger partial charge in [0.1, 0.15) is 5.82 Å². The van der Waals surface area contributed by atoms with Crippen LogP contribution < -0.4 is 5.32 Å². The minimum Gasteiger partial charge on any atom is -0.317 e.